The summed E-state index contributed by atoms with van der Waals surface area (Å²) in [6.45, 7) is 3.05. The van der Waals surface area contributed by atoms with Crippen molar-refractivity contribution >= 4 is 17.5 Å². The molecule has 3 N–H and O–H groups in total. The van der Waals surface area contributed by atoms with Gasteiger partial charge in [-0.25, -0.2) is 9.97 Å². The number of hydrogen-bond donors (Lipinski definition) is 3. The van der Waals surface area contributed by atoms with Gasteiger partial charge in [-0.2, -0.15) is 0 Å². The van der Waals surface area contributed by atoms with Crippen LogP contribution in [0.2, 0.25) is 0 Å². The second-order valence-electron chi connectivity index (χ2n) is 4.73. The van der Waals surface area contributed by atoms with Crippen molar-refractivity contribution in [2.75, 3.05) is 30.8 Å². The number of amides is 1. The van der Waals surface area contributed by atoms with E-state index in [9.17, 15) is 4.79 Å². The van der Waals surface area contributed by atoms with Crippen molar-refractivity contribution in [3.63, 3.8) is 0 Å². The number of ether oxygens (including phenoxy) is 1. The Bertz CT molecular complexity index is 462. The molecule has 0 spiro atoms. The Morgan fingerprint density at radius 3 is 2.65 bits per heavy atom. The number of nitrogens with one attached hydrogen (secondary N) is 3. The molecule has 7 heteroatoms. The zero-order chi connectivity index (χ0) is 14.4. The molecule has 1 saturated carbocycles. The van der Waals surface area contributed by atoms with Crippen LogP contribution in [0, 0.1) is 0 Å². The lowest BCUT2D eigenvalue weighted by Crippen LogP contribution is -2.31. The first-order valence-corrected chi connectivity index (χ1v) is 6.90. The summed E-state index contributed by atoms with van der Waals surface area (Å²) in [5, 5.41) is 9.06. The molecule has 1 heterocycles. The molecule has 0 saturated heterocycles. The lowest BCUT2D eigenvalue weighted by Gasteiger charge is -2.13. The van der Waals surface area contributed by atoms with E-state index in [-0.39, 0.29) is 12.5 Å². The highest BCUT2D eigenvalue weighted by Gasteiger charge is 2.23. The molecule has 1 fully saturated rings. The van der Waals surface area contributed by atoms with Gasteiger partial charge in [0.2, 0.25) is 11.7 Å². The SMILES string of the molecule is CCCNc1ncnc(NCC(=O)NC2CC2)c1OC. The number of carbonyl (C=O) groups excluding carboxylic acids is 1. The average Bonchev–Trinajstić information content (AvgIpc) is 3.26. The average molecular weight is 279 g/mol. The van der Waals surface area contributed by atoms with Crippen LogP contribution in [0.1, 0.15) is 26.2 Å². The van der Waals surface area contributed by atoms with Gasteiger partial charge in [0.15, 0.2) is 11.6 Å². The van der Waals surface area contributed by atoms with Crippen molar-refractivity contribution in [1.29, 1.82) is 0 Å². The van der Waals surface area contributed by atoms with E-state index in [2.05, 4.69) is 32.8 Å². The maximum Gasteiger partial charge on any atom is 0.239 e. The number of rotatable bonds is 8. The number of methoxy groups -OCH3 is 1. The van der Waals surface area contributed by atoms with E-state index < -0.39 is 0 Å². The first kappa shape index (κ1) is 14.4. The summed E-state index contributed by atoms with van der Waals surface area (Å²) in [5.41, 5.74) is 0. The van der Waals surface area contributed by atoms with Gasteiger partial charge in [0, 0.05) is 12.6 Å². The Labute approximate surface area is 118 Å². The Morgan fingerprint density at radius 2 is 2.05 bits per heavy atom. The zero-order valence-electron chi connectivity index (χ0n) is 11.9. The van der Waals surface area contributed by atoms with Crippen LogP contribution in [0.25, 0.3) is 0 Å². The third-order valence-electron chi connectivity index (χ3n) is 2.91. The first-order chi connectivity index (χ1) is 9.74. The van der Waals surface area contributed by atoms with Gasteiger partial charge in [0.1, 0.15) is 6.33 Å². The van der Waals surface area contributed by atoms with Crippen LogP contribution in [-0.2, 0) is 4.79 Å². The molecule has 2 rings (SSSR count). The maximum absolute atomic E-state index is 11.6. The topological polar surface area (TPSA) is 88.2 Å². The molecule has 0 aromatic carbocycles. The van der Waals surface area contributed by atoms with E-state index in [0.717, 1.165) is 25.8 Å². The van der Waals surface area contributed by atoms with Crippen LogP contribution in [0.15, 0.2) is 6.33 Å². The molecule has 1 amide bonds. The molecule has 7 nitrogen and oxygen atoms in total. The number of nitrogens with zero attached hydrogens (tertiary/aromatic N) is 2. The predicted molar refractivity (Wildman–Crippen MR) is 77.0 cm³/mol. The predicted octanol–water partition coefficient (Wildman–Crippen LogP) is 0.998. The van der Waals surface area contributed by atoms with Gasteiger partial charge < -0.3 is 20.7 Å². The number of carbonyl (C=O) groups is 1. The van der Waals surface area contributed by atoms with Crippen LogP contribution < -0.4 is 20.7 Å². The fourth-order valence-electron chi connectivity index (χ4n) is 1.73. The molecule has 0 aliphatic heterocycles. The van der Waals surface area contributed by atoms with Crippen molar-refractivity contribution in [2.24, 2.45) is 0 Å². The quantitative estimate of drug-likeness (QED) is 0.658. The summed E-state index contributed by atoms with van der Waals surface area (Å²) in [6.07, 6.45) is 4.59. The van der Waals surface area contributed by atoms with Crippen molar-refractivity contribution < 1.29 is 9.53 Å². The minimum absolute atomic E-state index is 0.0313. The summed E-state index contributed by atoms with van der Waals surface area (Å²) < 4.78 is 5.32. The highest BCUT2D eigenvalue weighted by Crippen LogP contribution is 2.28. The van der Waals surface area contributed by atoms with Crippen LogP contribution >= 0.6 is 0 Å². The van der Waals surface area contributed by atoms with E-state index in [1.54, 1.807) is 7.11 Å². The highest BCUT2D eigenvalue weighted by atomic mass is 16.5. The summed E-state index contributed by atoms with van der Waals surface area (Å²) in [4.78, 5) is 19.9. The van der Waals surface area contributed by atoms with Crippen LogP contribution in [0.3, 0.4) is 0 Å². The zero-order valence-corrected chi connectivity index (χ0v) is 11.9. The van der Waals surface area contributed by atoms with Gasteiger partial charge in [-0.05, 0) is 19.3 Å². The largest absolute Gasteiger partial charge is 0.490 e. The molecule has 1 aliphatic rings. The number of anilines is 2. The monoisotopic (exact) mass is 279 g/mol. The Morgan fingerprint density at radius 1 is 1.35 bits per heavy atom. The van der Waals surface area contributed by atoms with Crippen molar-refractivity contribution in [1.82, 2.24) is 15.3 Å². The van der Waals surface area contributed by atoms with Crippen LogP contribution in [0.4, 0.5) is 11.6 Å². The normalized spacial score (nSPS) is 13.7. The third kappa shape index (κ3) is 3.97. The van der Waals surface area contributed by atoms with E-state index in [0.29, 0.717) is 23.4 Å². The van der Waals surface area contributed by atoms with Crippen LogP contribution in [-0.4, -0.2) is 42.1 Å². The molecule has 1 aromatic heterocycles. The maximum atomic E-state index is 11.6. The van der Waals surface area contributed by atoms with Gasteiger partial charge >= 0.3 is 0 Å². The van der Waals surface area contributed by atoms with Gasteiger partial charge in [-0.15, -0.1) is 0 Å². The molecular weight excluding hydrogens is 258 g/mol. The van der Waals surface area contributed by atoms with E-state index >= 15 is 0 Å². The molecule has 1 aromatic rings. The van der Waals surface area contributed by atoms with Crippen LogP contribution in [0.5, 0.6) is 5.75 Å². The van der Waals surface area contributed by atoms with Crippen molar-refractivity contribution in [2.45, 2.75) is 32.2 Å². The van der Waals surface area contributed by atoms with Crippen molar-refractivity contribution in [3.8, 4) is 5.75 Å². The summed E-state index contributed by atoms with van der Waals surface area (Å²) >= 11 is 0. The molecular formula is C13H21N5O2. The molecule has 1 aliphatic carbocycles. The summed E-state index contributed by atoms with van der Waals surface area (Å²) in [6, 6.07) is 0.360. The Kier molecular flexibility index (Phi) is 4.97. The fourth-order valence-corrected chi connectivity index (χ4v) is 1.73. The summed E-state index contributed by atoms with van der Waals surface area (Å²) in [7, 11) is 1.56. The lowest BCUT2D eigenvalue weighted by atomic mass is 10.4. The van der Waals surface area contributed by atoms with Gasteiger partial charge in [-0.3, -0.25) is 4.79 Å². The second-order valence-corrected chi connectivity index (χ2v) is 4.73. The molecule has 0 unspecified atom stereocenters. The van der Waals surface area contributed by atoms with Crippen molar-refractivity contribution in [3.05, 3.63) is 6.33 Å². The second kappa shape index (κ2) is 6.93. The minimum Gasteiger partial charge on any atom is -0.490 e. The molecule has 0 radical (unpaired) electrons. The molecule has 110 valence electrons. The molecule has 0 bridgehead atoms. The van der Waals surface area contributed by atoms with E-state index in [1.165, 1.54) is 6.33 Å². The highest BCUT2D eigenvalue weighted by molar-refractivity contribution is 5.81. The molecule has 20 heavy (non-hydrogen) atoms. The molecule has 0 atom stereocenters. The van der Waals surface area contributed by atoms with Gasteiger partial charge in [0.25, 0.3) is 0 Å². The van der Waals surface area contributed by atoms with Gasteiger partial charge in [0.05, 0.1) is 13.7 Å². The van der Waals surface area contributed by atoms with E-state index in [4.69, 9.17) is 4.74 Å². The third-order valence-corrected chi connectivity index (χ3v) is 2.91. The smallest absolute Gasteiger partial charge is 0.239 e. The standard InChI is InChI=1S/C13H21N5O2/c1-3-6-14-12-11(20-2)13(17-8-16-12)15-7-10(19)18-9-4-5-9/h8-9H,3-7H2,1-2H3,(H,18,19)(H2,14,15,16,17). The Balaban J connectivity index is 1.96. The minimum atomic E-state index is -0.0313. The van der Waals surface area contributed by atoms with Gasteiger partial charge in [-0.1, -0.05) is 6.92 Å². The lowest BCUT2D eigenvalue weighted by molar-refractivity contribution is -0.119. The Hall–Kier alpha value is -2.05. The summed E-state index contributed by atoms with van der Waals surface area (Å²) in [5.74, 6) is 1.65. The number of aromatic nitrogens is 2. The first-order valence-electron chi connectivity index (χ1n) is 6.90. The fraction of sp³-hybridized carbons (Fsp3) is 0.615. The number of hydrogen-bond acceptors (Lipinski definition) is 6. The van der Waals surface area contributed by atoms with E-state index in [1.807, 2.05) is 0 Å².